The van der Waals surface area contributed by atoms with Gasteiger partial charge in [0.25, 0.3) is 0 Å². The van der Waals surface area contributed by atoms with E-state index in [4.69, 9.17) is 5.11 Å². The molecule has 0 aliphatic rings. The van der Waals surface area contributed by atoms with Gasteiger partial charge in [-0.05, 0) is 58.7 Å². The third kappa shape index (κ3) is 2.94. The van der Waals surface area contributed by atoms with Crippen LogP contribution in [0.1, 0.15) is 15.9 Å². The molecule has 2 aromatic carbocycles. The van der Waals surface area contributed by atoms with Crippen molar-refractivity contribution in [3.8, 4) is 0 Å². The standard InChI is InChI=1S/C14H11BrO2S/c1-9-8-10(6-7-11(9)14(16)17)18-13-5-3-2-4-12(13)15/h2-8H,1H3,(H,16,17). The monoisotopic (exact) mass is 322 g/mol. The number of hydrogen-bond donors (Lipinski definition) is 1. The molecule has 0 saturated carbocycles. The zero-order valence-corrected chi connectivity index (χ0v) is 12.1. The predicted octanol–water partition coefficient (Wildman–Crippen LogP) is 4.61. The first-order chi connectivity index (χ1) is 8.58. The zero-order valence-electron chi connectivity index (χ0n) is 9.68. The second-order valence-corrected chi connectivity index (χ2v) is 5.78. The van der Waals surface area contributed by atoms with Crippen molar-refractivity contribution in [3.05, 3.63) is 58.1 Å². The highest BCUT2D eigenvalue weighted by Gasteiger charge is 2.08. The van der Waals surface area contributed by atoms with Crippen LogP contribution >= 0.6 is 27.7 Å². The molecule has 2 aromatic rings. The average molecular weight is 323 g/mol. The maximum Gasteiger partial charge on any atom is 0.335 e. The molecule has 0 bridgehead atoms. The van der Waals surface area contributed by atoms with Crippen LogP contribution in [0.25, 0.3) is 0 Å². The van der Waals surface area contributed by atoms with Crippen LogP contribution in [-0.2, 0) is 0 Å². The van der Waals surface area contributed by atoms with Crippen molar-refractivity contribution in [2.24, 2.45) is 0 Å². The van der Waals surface area contributed by atoms with Crippen molar-refractivity contribution in [1.82, 2.24) is 0 Å². The molecule has 0 atom stereocenters. The summed E-state index contributed by atoms with van der Waals surface area (Å²) in [5.41, 5.74) is 1.13. The highest BCUT2D eigenvalue weighted by molar-refractivity contribution is 9.10. The van der Waals surface area contributed by atoms with E-state index in [2.05, 4.69) is 15.9 Å². The molecule has 2 nitrogen and oxygen atoms in total. The molecule has 18 heavy (non-hydrogen) atoms. The normalized spacial score (nSPS) is 10.3. The third-order valence-corrected chi connectivity index (χ3v) is 4.51. The molecule has 4 heteroatoms. The summed E-state index contributed by atoms with van der Waals surface area (Å²) >= 11 is 5.10. The Hall–Kier alpha value is -1.26. The predicted molar refractivity (Wildman–Crippen MR) is 76.4 cm³/mol. The van der Waals surface area contributed by atoms with Crippen LogP contribution in [0.15, 0.2) is 56.7 Å². The Morgan fingerprint density at radius 1 is 1.22 bits per heavy atom. The summed E-state index contributed by atoms with van der Waals surface area (Å²) in [5, 5.41) is 8.98. The lowest BCUT2D eigenvalue weighted by Crippen LogP contribution is -1.99. The lowest BCUT2D eigenvalue weighted by Gasteiger charge is -2.06. The van der Waals surface area contributed by atoms with Gasteiger partial charge in [-0.25, -0.2) is 4.79 Å². The van der Waals surface area contributed by atoms with Crippen LogP contribution in [-0.4, -0.2) is 11.1 Å². The highest BCUT2D eigenvalue weighted by Crippen LogP contribution is 2.33. The fraction of sp³-hybridized carbons (Fsp3) is 0.0714. The van der Waals surface area contributed by atoms with Crippen LogP contribution in [0, 0.1) is 6.92 Å². The second-order valence-electron chi connectivity index (χ2n) is 3.81. The number of aryl methyl sites for hydroxylation is 1. The van der Waals surface area contributed by atoms with E-state index < -0.39 is 5.97 Å². The number of carboxylic acid groups (broad SMARTS) is 1. The Morgan fingerprint density at radius 2 is 1.94 bits per heavy atom. The van der Waals surface area contributed by atoms with Crippen molar-refractivity contribution < 1.29 is 9.90 Å². The number of halogens is 1. The molecule has 0 heterocycles. The van der Waals surface area contributed by atoms with Crippen LogP contribution in [0.2, 0.25) is 0 Å². The Kier molecular flexibility index (Phi) is 4.09. The quantitative estimate of drug-likeness (QED) is 0.896. The van der Waals surface area contributed by atoms with E-state index in [1.165, 1.54) is 0 Å². The Morgan fingerprint density at radius 3 is 2.56 bits per heavy atom. The minimum absolute atomic E-state index is 0.353. The van der Waals surface area contributed by atoms with Gasteiger partial charge in [-0.1, -0.05) is 23.9 Å². The van der Waals surface area contributed by atoms with Gasteiger partial charge in [0.2, 0.25) is 0 Å². The maximum atomic E-state index is 10.9. The van der Waals surface area contributed by atoms with E-state index in [-0.39, 0.29) is 0 Å². The van der Waals surface area contributed by atoms with Gasteiger partial charge in [-0.3, -0.25) is 0 Å². The smallest absolute Gasteiger partial charge is 0.335 e. The topological polar surface area (TPSA) is 37.3 Å². The van der Waals surface area contributed by atoms with Gasteiger partial charge in [0, 0.05) is 14.3 Å². The van der Waals surface area contributed by atoms with E-state index in [0.29, 0.717) is 5.56 Å². The zero-order chi connectivity index (χ0) is 13.1. The first-order valence-corrected chi connectivity index (χ1v) is 6.95. The summed E-state index contributed by atoms with van der Waals surface area (Å²) in [6.45, 7) is 1.81. The molecule has 0 aliphatic carbocycles. The number of aromatic carboxylic acids is 1. The molecule has 2 rings (SSSR count). The van der Waals surface area contributed by atoms with E-state index >= 15 is 0 Å². The first-order valence-electron chi connectivity index (χ1n) is 5.34. The van der Waals surface area contributed by atoms with E-state index in [0.717, 1.165) is 19.8 Å². The van der Waals surface area contributed by atoms with E-state index in [1.807, 2.05) is 43.3 Å². The summed E-state index contributed by atoms with van der Waals surface area (Å²) in [5.74, 6) is -0.884. The van der Waals surface area contributed by atoms with Crippen LogP contribution in [0.3, 0.4) is 0 Å². The van der Waals surface area contributed by atoms with Gasteiger partial charge in [0.1, 0.15) is 0 Å². The van der Waals surface area contributed by atoms with Crippen molar-refractivity contribution in [1.29, 1.82) is 0 Å². The Bertz CT molecular complexity index is 596. The second kappa shape index (κ2) is 5.59. The molecule has 0 aromatic heterocycles. The van der Waals surface area contributed by atoms with Crippen LogP contribution < -0.4 is 0 Å². The summed E-state index contributed by atoms with van der Waals surface area (Å²) < 4.78 is 1.04. The van der Waals surface area contributed by atoms with Gasteiger partial charge in [0.15, 0.2) is 0 Å². The minimum atomic E-state index is -0.884. The maximum absolute atomic E-state index is 10.9. The molecular formula is C14H11BrO2S. The van der Waals surface area contributed by atoms with Crippen molar-refractivity contribution in [2.45, 2.75) is 16.7 Å². The molecule has 0 saturated heterocycles. The number of hydrogen-bond acceptors (Lipinski definition) is 2. The van der Waals surface area contributed by atoms with Crippen molar-refractivity contribution >= 4 is 33.7 Å². The SMILES string of the molecule is Cc1cc(Sc2ccccc2Br)ccc1C(=O)O. The third-order valence-electron chi connectivity index (χ3n) is 2.49. The summed E-state index contributed by atoms with van der Waals surface area (Å²) in [6.07, 6.45) is 0. The van der Waals surface area contributed by atoms with E-state index in [1.54, 1.807) is 17.8 Å². The number of carboxylic acids is 1. The van der Waals surface area contributed by atoms with Crippen LogP contribution in [0.4, 0.5) is 0 Å². The molecule has 92 valence electrons. The molecule has 0 fully saturated rings. The number of carbonyl (C=O) groups is 1. The first kappa shape index (κ1) is 13.2. The van der Waals surface area contributed by atoms with Gasteiger partial charge >= 0.3 is 5.97 Å². The summed E-state index contributed by atoms with van der Waals surface area (Å²) in [7, 11) is 0. The van der Waals surface area contributed by atoms with Gasteiger partial charge in [-0.15, -0.1) is 0 Å². The Labute approximate surface area is 118 Å². The lowest BCUT2D eigenvalue weighted by molar-refractivity contribution is 0.0696. The van der Waals surface area contributed by atoms with Crippen molar-refractivity contribution in [2.75, 3.05) is 0 Å². The molecule has 0 unspecified atom stereocenters. The Balaban J connectivity index is 2.29. The lowest BCUT2D eigenvalue weighted by atomic mass is 10.1. The van der Waals surface area contributed by atoms with Crippen LogP contribution in [0.5, 0.6) is 0 Å². The van der Waals surface area contributed by atoms with Crippen molar-refractivity contribution in [3.63, 3.8) is 0 Å². The largest absolute Gasteiger partial charge is 0.478 e. The molecule has 0 spiro atoms. The van der Waals surface area contributed by atoms with Gasteiger partial charge in [-0.2, -0.15) is 0 Å². The summed E-state index contributed by atoms with van der Waals surface area (Å²) in [4.78, 5) is 13.1. The van der Waals surface area contributed by atoms with E-state index in [9.17, 15) is 4.79 Å². The van der Waals surface area contributed by atoms with Gasteiger partial charge < -0.3 is 5.11 Å². The molecule has 0 radical (unpaired) electrons. The molecule has 0 amide bonds. The average Bonchev–Trinajstić information content (AvgIpc) is 2.32. The fourth-order valence-electron chi connectivity index (χ4n) is 1.59. The molecule has 1 N–H and O–H groups in total. The number of benzene rings is 2. The fourth-order valence-corrected chi connectivity index (χ4v) is 3.06. The minimum Gasteiger partial charge on any atom is -0.478 e. The number of rotatable bonds is 3. The van der Waals surface area contributed by atoms with Gasteiger partial charge in [0.05, 0.1) is 5.56 Å². The molecular weight excluding hydrogens is 312 g/mol. The summed E-state index contributed by atoms with van der Waals surface area (Å²) in [6, 6.07) is 13.3. The highest BCUT2D eigenvalue weighted by atomic mass is 79.9. The molecule has 0 aliphatic heterocycles.